The number of hydrogen-bond acceptors (Lipinski definition) is 5. The summed E-state index contributed by atoms with van der Waals surface area (Å²) in [5.74, 6) is 0.893. The average molecular weight is 295 g/mol. The summed E-state index contributed by atoms with van der Waals surface area (Å²) in [5.41, 5.74) is 3.26. The van der Waals surface area contributed by atoms with Gasteiger partial charge in [-0.15, -0.1) is 0 Å². The molecule has 2 aromatic rings. The van der Waals surface area contributed by atoms with E-state index in [1.807, 2.05) is 32.2 Å². The SMILES string of the molecule is Cc1cc(C)nc(N2CC3CC(C2)N3Cc2ccccn2)n1. The zero-order valence-corrected chi connectivity index (χ0v) is 13.1. The molecule has 114 valence electrons. The molecule has 0 amide bonds. The third-order valence-electron chi connectivity index (χ3n) is 4.67. The molecule has 2 bridgehead atoms. The van der Waals surface area contributed by atoms with Crippen LogP contribution in [-0.2, 0) is 6.54 Å². The van der Waals surface area contributed by atoms with Crippen LogP contribution in [0.5, 0.6) is 0 Å². The molecule has 0 N–H and O–H groups in total. The number of piperidine rings is 1. The van der Waals surface area contributed by atoms with Gasteiger partial charge in [-0.1, -0.05) is 6.07 Å². The van der Waals surface area contributed by atoms with Crippen LogP contribution in [0.3, 0.4) is 0 Å². The molecule has 2 unspecified atom stereocenters. The van der Waals surface area contributed by atoms with Crippen molar-refractivity contribution in [3.63, 3.8) is 0 Å². The molecule has 3 aliphatic heterocycles. The Morgan fingerprint density at radius 2 is 1.82 bits per heavy atom. The van der Waals surface area contributed by atoms with Gasteiger partial charge < -0.3 is 4.90 Å². The van der Waals surface area contributed by atoms with Crippen LogP contribution in [0.15, 0.2) is 30.5 Å². The summed E-state index contributed by atoms with van der Waals surface area (Å²) in [5, 5.41) is 0. The molecule has 0 spiro atoms. The number of rotatable bonds is 3. The Hall–Kier alpha value is -2.01. The fourth-order valence-corrected chi connectivity index (χ4v) is 3.64. The van der Waals surface area contributed by atoms with Crippen LogP contribution in [0, 0.1) is 13.8 Å². The topological polar surface area (TPSA) is 45.2 Å². The number of nitrogens with zero attached hydrogens (tertiary/aromatic N) is 5. The lowest BCUT2D eigenvalue weighted by Crippen LogP contribution is -2.68. The molecule has 0 saturated carbocycles. The van der Waals surface area contributed by atoms with E-state index in [0.717, 1.165) is 42.7 Å². The van der Waals surface area contributed by atoms with E-state index in [1.54, 1.807) is 0 Å². The molecule has 3 fully saturated rings. The van der Waals surface area contributed by atoms with Crippen molar-refractivity contribution in [1.29, 1.82) is 0 Å². The van der Waals surface area contributed by atoms with Crippen molar-refractivity contribution in [2.24, 2.45) is 0 Å². The highest BCUT2D eigenvalue weighted by Crippen LogP contribution is 2.34. The lowest BCUT2D eigenvalue weighted by Gasteiger charge is -2.56. The largest absolute Gasteiger partial charge is 0.338 e. The number of aryl methyl sites for hydroxylation is 2. The molecule has 2 aromatic heterocycles. The second kappa shape index (κ2) is 5.32. The summed E-state index contributed by atoms with van der Waals surface area (Å²) in [6, 6.07) is 9.38. The van der Waals surface area contributed by atoms with Crippen molar-refractivity contribution in [3.8, 4) is 0 Å². The minimum atomic E-state index is 0.602. The first-order valence-corrected chi connectivity index (χ1v) is 7.92. The number of piperazine rings is 1. The normalized spacial score (nSPS) is 24.2. The van der Waals surface area contributed by atoms with E-state index < -0.39 is 0 Å². The van der Waals surface area contributed by atoms with E-state index in [-0.39, 0.29) is 0 Å². The Morgan fingerprint density at radius 3 is 2.45 bits per heavy atom. The Labute approximate surface area is 131 Å². The quantitative estimate of drug-likeness (QED) is 0.866. The van der Waals surface area contributed by atoms with E-state index in [9.17, 15) is 0 Å². The number of anilines is 1. The van der Waals surface area contributed by atoms with Gasteiger partial charge in [0.05, 0.1) is 5.69 Å². The van der Waals surface area contributed by atoms with E-state index in [0.29, 0.717) is 12.1 Å². The molecule has 3 saturated heterocycles. The Balaban J connectivity index is 1.46. The van der Waals surface area contributed by atoms with Crippen LogP contribution < -0.4 is 4.90 Å². The third kappa shape index (κ3) is 2.46. The van der Waals surface area contributed by atoms with Crippen molar-refractivity contribution in [2.75, 3.05) is 18.0 Å². The Morgan fingerprint density at radius 1 is 1.09 bits per heavy atom. The first-order chi connectivity index (χ1) is 10.7. The van der Waals surface area contributed by atoms with Gasteiger partial charge in [-0.2, -0.15) is 0 Å². The van der Waals surface area contributed by atoms with E-state index >= 15 is 0 Å². The van der Waals surface area contributed by atoms with Gasteiger partial charge in [0.1, 0.15) is 0 Å². The van der Waals surface area contributed by atoms with Crippen molar-refractivity contribution in [1.82, 2.24) is 19.9 Å². The molecule has 5 rings (SSSR count). The van der Waals surface area contributed by atoms with Crippen LogP contribution in [0.1, 0.15) is 23.5 Å². The van der Waals surface area contributed by atoms with Crippen molar-refractivity contribution < 1.29 is 0 Å². The smallest absolute Gasteiger partial charge is 0.225 e. The van der Waals surface area contributed by atoms with Crippen molar-refractivity contribution in [2.45, 2.75) is 38.9 Å². The minimum absolute atomic E-state index is 0.602. The van der Waals surface area contributed by atoms with Crippen LogP contribution in [0.4, 0.5) is 5.95 Å². The molecule has 3 aliphatic rings. The summed E-state index contributed by atoms with van der Waals surface area (Å²) < 4.78 is 0. The summed E-state index contributed by atoms with van der Waals surface area (Å²) in [7, 11) is 0. The standard InChI is InChI=1S/C17H21N5/c1-12-7-13(2)20-17(19-12)21-10-15-8-16(11-21)22(15)9-14-5-3-4-6-18-14/h3-7,15-16H,8-11H2,1-2H3. The maximum atomic E-state index is 4.61. The van der Waals surface area contributed by atoms with Gasteiger partial charge in [0.15, 0.2) is 0 Å². The van der Waals surface area contributed by atoms with E-state index in [1.165, 1.54) is 6.42 Å². The van der Waals surface area contributed by atoms with Gasteiger partial charge in [0.2, 0.25) is 5.95 Å². The lowest BCUT2D eigenvalue weighted by atomic mass is 9.87. The predicted octanol–water partition coefficient (Wildman–Crippen LogP) is 1.95. The first kappa shape index (κ1) is 13.6. The molecular formula is C17H21N5. The van der Waals surface area contributed by atoms with E-state index in [4.69, 9.17) is 0 Å². The van der Waals surface area contributed by atoms with Gasteiger partial charge >= 0.3 is 0 Å². The predicted molar refractivity (Wildman–Crippen MR) is 85.7 cm³/mol. The van der Waals surface area contributed by atoms with Crippen LogP contribution >= 0.6 is 0 Å². The summed E-state index contributed by atoms with van der Waals surface area (Å²) >= 11 is 0. The fraction of sp³-hybridized carbons (Fsp3) is 0.471. The zero-order valence-electron chi connectivity index (χ0n) is 13.1. The zero-order chi connectivity index (χ0) is 15.1. The third-order valence-corrected chi connectivity index (χ3v) is 4.67. The van der Waals surface area contributed by atoms with E-state index in [2.05, 4.69) is 36.9 Å². The van der Waals surface area contributed by atoms with Crippen LogP contribution in [0.2, 0.25) is 0 Å². The summed E-state index contributed by atoms with van der Waals surface area (Å²) in [6.45, 7) is 7.07. The number of aromatic nitrogens is 3. The highest BCUT2D eigenvalue weighted by atomic mass is 15.4. The van der Waals surface area contributed by atoms with Gasteiger partial charge in [0, 0.05) is 49.3 Å². The second-order valence-corrected chi connectivity index (χ2v) is 6.39. The molecule has 2 atom stereocenters. The van der Waals surface area contributed by atoms with Crippen molar-refractivity contribution >= 4 is 5.95 Å². The number of hydrogen-bond donors (Lipinski definition) is 0. The number of pyridine rings is 1. The van der Waals surface area contributed by atoms with Crippen LogP contribution in [-0.4, -0.2) is 45.0 Å². The molecule has 5 heteroatoms. The van der Waals surface area contributed by atoms with Gasteiger partial charge in [-0.05, 0) is 38.5 Å². The fourth-order valence-electron chi connectivity index (χ4n) is 3.64. The monoisotopic (exact) mass is 295 g/mol. The van der Waals surface area contributed by atoms with Crippen molar-refractivity contribution in [3.05, 3.63) is 47.5 Å². The molecule has 5 heterocycles. The first-order valence-electron chi connectivity index (χ1n) is 7.92. The van der Waals surface area contributed by atoms with Gasteiger partial charge in [-0.3, -0.25) is 9.88 Å². The second-order valence-electron chi connectivity index (χ2n) is 6.39. The van der Waals surface area contributed by atoms with Crippen LogP contribution in [0.25, 0.3) is 0 Å². The molecule has 0 radical (unpaired) electrons. The summed E-state index contributed by atoms with van der Waals surface area (Å²) in [6.07, 6.45) is 3.16. The minimum Gasteiger partial charge on any atom is -0.338 e. The Bertz CT molecular complexity index is 640. The highest BCUT2D eigenvalue weighted by Gasteiger charge is 2.45. The summed E-state index contributed by atoms with van der Waals surface area (Å²) in [4.78, 5) is 18.6. The maximum absolute atomic E-state index is 4.61. The highest BCUT2D eigenvalue weighted by molar-refractivity contribution is 5.36. The van der Waals surface area contributed by atoms with Gasteiger partial charge in [-0.25, -0.2) is 9.97 Å². The average Bonchev–Trinajstić information content (AvgIpc) is 2.53. The molecular weight excluding hydrogens is 274 g/mol. The molecule has 0 aliphatic carbocycles. The van der Waals surface area contributed by atoms with Gasteiger partial charge in [0.25, 0.3) is 0 Å². The lowest BCUT2D eigenvalue weighted by molar-refractivity contribution is -0.00997. The maximum Gasteiger partial charge on any atom is 0.225 e. The molecule has 0 aromatic carbocycles. The molecule has 22 heavy (non-hydrogen) atoms. The molecule has 5 nitrogen and oxygen atoms in total. The number of fused-ring (bicyclic) bond motifs is 2. The Kier molecular flexibility index (Phi) is 3.30.